The molecule has 0 saturated carbocycles. The third-order valence-electron chi connectivity index (χ3n) is 5.67. The third-order valence-corrected chi connectivity index (χ3v) is 5.67. The number of aromatic nitrogens is 3. The number of anilines is 1. The van der Waals surface area contributed by atoms with Gasteiger partial charge in [0.05, 0.1) is 0 Å². The average molecular weight is 388 g/mol. The Balaban J connectivity index is 1.30. The fourth-order valence-electron chi connectivity index (χ4n) is 4.13. The first-order valence-electron chi connectivity index (χ1n) is 10.1. The smallest absolute Gasteiger partial charge is 0.144 e. The van der Waals surface area contributed by atoms with Gasteiger partial charge in [-0.05, 0) is 59.7 Å². The summed E-state index contributed by atoms with van der Waals surface area (Å²) < 4.78 is 4.33. The van der Waals surface area contributed by atoms with E-state index in [0.717, 1.165) is 34.8 Å². The van der Waals surface area contributed by atoms with E-state index < -0.39 is 0 Å². The largest absolute Gasteiger partial charge is 0.367 e. The summed E-state index contributed by atoms with van der Waals surface area (Å²) in [6.45, 7) is 0.869. The molecule has 1 N–H and O–H groups in total. The summed E-state index contributed by atoms with van der Waals surface area (Å²) in [5.74, 6) is 1.15. The number of fused-ring (bicyclic) bond motifs is 2. The maximum absolute atomic E-state index is 4.51. The Morgan fingerprint density at radius 3 is 2.20 bits per heavy atom. The Morgan fingerprint density at radius 2 is 1.43 bits per heavy atom. The van der Waals surface area contributed by atoms with E-state index in [9.17, 15) is 0 Å². The van der Waals surface area contributed by atoms with Crippen molar-refractivity contribution in [2.45, 2.75) is 0 Å². The molecule has 1 aliphatic heterocycles. The Hall–Kier alpha value is -4.05. The van der Waals surface area contributed by atoms with Crippen LogP contribution in [0.4, 0.5) is 5.82 Å². The molecule has 0 amide bonds. The van der Waals surface area contributed by atoms with E-state index >= 15 is 0 Å². The SMILES string of the molecule is C1=Cc2ccn(-c3ccc(-c4ccc(-n5ccc6cccnc65)cc4)cc3)c2NC1. The summed E-state index contributed by atoms with van der Waals surface area (Å²) in [7, 11) is 0. The lowest BCUT2D eigenvalue weighted by Gasteiger charge is -2.15. The van der Waals surface area contributed by atoms with Crippen LogP contribution in [0, 0.1) is 0 Å². The van der Waals surface area contributed by atoms with Gasteiger partial charge in [-0.25, -0.2) is 4.98 Å². The highest BCUT2D eigenvalue weighted by molar-refractivity contribution is 5.78. The van der Waals surface area contributed by atoms with Crippen molar-refractivity contribution in [3.8, 4) is 22.5 Å². The van der Waals surface area contributed by atoms with Crippen molar-refractivity contribution in [1.29, 1.82) is 0 Å². The first kappa shape index (κ1) is 16.9. The topological polar surface area (TPSA) is 34.8 Å². The molecular weight excluding hydrogens is 368 g/mol. The van der Waals surface area contributed by atoms with Crippen LogP contribution >= 0.6 is 0 Å². The van der Waals surface area contributed by atoms with Crippen LogP contribution in [0.1, 0.15) is 5.56 Å². The molecule has 0 fully saturated rings. The van der Waals surface area contributed by atoms with Gasteiger partial charge in [-0.2, -0.15) is 0 Å². The molecule has 0 radical (unpaired) electrons. The van der Waals surface area contributed by atoms with E-state index in [2.05, 4.69) is 111 Å². The third kappa shape index (κ3) is 2.73. The standard InChI is InChI=1S/C26H20N4/c1-3-21-13-17-29(25(21)27-15-1)23-9-5-19(6-10-23)20-7-11-24(12-8-20)30-18-14-22-4-2-16-28-26(22)30/h1-15,17-18,28H,16H2. The molecule has 5 aromatic rings. The van der Waals surface area contributed by atoms with Gasteiger partial charge in [-0.15, -0.1) is 0 Å². The second-order valence-electron chi connectivity index (χ2n) is 7.47. The van der Waals surface area contributed by atoms with Gasteiger partial charge in [0.2, 0.25) is 0 Å². The van der Waals surface area contributed by atoms with Crippen molar-refractivity contribution in [3.05, 3.63) is 103 Å². The predicted molar refractivity (Wildman–Crippen MR) is 123 cm³/mol. The molecule has 0 atom stereocenters. The van der Waals surface area contributed by atoms with Crippen LogP contribution in [-0.2, 0) is 0 Å². The highest BCUT2D eigenvalue weighted by atomic mass is 15.1. The Labute approximate surface area is 174 Å². The van der Waals surface area contributed by atoms with E-state index in [0.29, 0.717) is 0 Å². The molecule has 0 spiro atoms. The van der Waals surface area contributed by atoms with Crippen LogP contribution < -0.4 is 5.32 Å². The van der Waals surface area contributed by atoms with Crippen LogP contribution in [0.3, 0.4) is 0 Å². The minimum atomic E-state index is 0.869. The van der Waals surface area contributed by atoms with Crippen LogP contribution in [0.5, 0.6) is 0 Å². The van der Waals surface area contributed by atoms with Gasteiger partial charge in [-0.3, -0.25) is 0 Å². The van der Waals surface area contributed by atoms with Crippen molar-refractivity contribution in [2.24, 2.45) is 0 Å². The van der Waals surface area contributed by atoms with Gasteiger partial charge in [0.15, 0.2) is 0 Å². The van der Waals surface area contributed by atoms with Crippen molar-refractivity contribution >= 4 is 22.9 Å². The lowest BCUT2D eigenvalue weighted by Crippen LogP contribution is -2.08. The van der Waals surface area contributed by atoms with Crippen molar-refractivity contribution < 1.29 is 0 Å². The van der Waals surface area contributed by atoms with E-state index in [4.69, 9.17) is 0 Å². The normalized spacial score (nSPS) is 12.7. The summed E-state index contributed by atoms with van der Waals surface area (Å²) in [4.78, 5) is 4.51. The molecule has 4 nitrogen and oxygen atoms in total. The van der Waals surface area contributed by atoms with Gasteiger partial charge >= 0.3 is 0 Å². The summed E-state index contributed by atoms with van der Waals surface area (Å²) in [5, 5.41) is 4.60. The van der Waals surface area contributed by atoms with Crippen LogP contribution in [0.15, 0.2) is 97.5 Å². The van der Waals surface area contributed by atoms with E-state index in [1.165, 1.54) is 16.7 Å². The summed E-state index contributed by atoms with van der Waals surface area (Å²) in [6.07, 6.45) is 10.3. The molecule has 0 bridgehead atoms. The highest BCUT2D eigenvalue weighted by Crippen LogP contribution is 2.28. The number of rotatable bonds is 3. The van der Waals surface area contributed by atoms with Crippen molar-refractivity contribution in [1.82, 2.24) is 14.1 Å². The maximum atomic E-state index is 4.51. The number of pyridine rings is 1. The zero-order valence-electron chi connectivity index (χ0n) is 16.4. The molecular formula is C26H20N4. The molecule has 144 valence electrons. The number of hydrogen-bond acceptors (Lipinski definition) is 2. The van der Waals surface area contributed by atoms with E-state index in [1.54, 1.807) is 0 Å². The molecule has 4 heterocycles. The minimum Gasteiger partial charge on any atom is -0.367 e. The predicted octanol–water partition coefficient (Wildman–Crippen LogP) is 5.92. The van der Waals surface area contributed by atoms with Crippen LogP contribution in [0.2, 0.25) is 0 Å². The van der Waals surface area contributed by atoms with Gasteiger partial charge in [0.25, 0.3) is 0 Å². The number of hydrogen-bond donors (Lipinski definition) is 1. The molecule has 1 aliphatic rings. The minimum absolute atomic E-state index is 0.869. The molecule has 4 heteroatoms. The summed E-state index contributed by atoms with van der Waals surface area (Å²) in [6, 6.07) is 25.6. The maximum Gasteiger partial charge on any atom is 0.144 e. The Morgan fingerprint density at radius 1 is 0.733 bits per heavy atom. The molecule has 6 rings (SSSR count). The molecule has 3 aromatic heterocycles. The number of benzene rings is 2. The highest BCUT2D eigenvalue weighted by Gasteiger charge is 2.11. The molecule has 0 aliphatic carbocycles. The average Bonchev–Trinajstić information content (AvgIpc) is 3.44. The molecule has 2 aromatic carbocycles. The first-order chi connectivity index (χ1) is 14.9. The molecule has 30 heavy (non-hydrogen) atoms. The number of nitrogens with one attached hydrogen (secondary N) is 1. The van der Waals surface area contributed by atoms with Gasteiger partial charge in [0, 0.05) is 47.5 Å². The second kappa shape index (κ2) is 6.78. The molecule has 0 saturated heterocycles. The molecule has 0 unspecified atom stereocenters. The van der Waals surface area contributed by atoms with Gasteiger partial charge in [-0.1, -0.05) is 36.4 Å². The Bertz CT molecular complexity index is 1370. The first-order valence-corrected chi connectivity index (χ1v) is 10.1. The zero-order valence-corrected chi connectivity index (χ0v) is 16.4. The summed E-state index contributed by atoms with van der Waals surface area (Å²) >= 11 is 0. The van der Waals surface area contributed by atoms with E-state index in [1.807, 2.05) is 12.3 Å². The fraction of sp³-hybridized carbons (Fsp3) is 0.0385. The van der Waals surface area contributed by atoms with Crippen molar-refractivity contribution in [3.63, 3.8) is 0 Å². The quantitative estimate of drug-likeness (QED) is 0.416. The summed E-state index contributed by atoms with van der Waals surface area (Å²) in [5.41, 5.74) is 6.88. The van der Waals surface area contributed by atoms with Crippen molar-refractivity contribution in [2.75, 3.05) is 11.9 Å². The monoisotopic (exact) mass is 388 g/mol. The lowest BCUT2D eigenvalue weighted by atomic mass is 10.0. The van der Waals surface area contributed by atoms with Crippen LogP contribution in [0.25, 0.3) is 39.6 Å². The van der Waals surface area contributed by atoms with E-state index in [-0.39, 0.29) is 0 Å². The Kier molecular flexibility index (Phi) is 3.81. The fourth-order valence-corrected chi connectivity index (χ4v) is 4.13. The van der Waals surface area contributed by atoms with Gasteiger partial charge in [0.1, 0.15) is 11.5 Å². The zero-order chi connectivity index (χ0) is 19.9. The van der Waals surface area contributed by atoms with Gasteiger partial charge < -0.3 is 14.5 Å². The second-order valence-corrected chi connectivity index (χ2v) is 7.47. The van der Waals surface area contributed by atoms with Crippen LogP contribution in [-0.4, -0.2) is 20.7 Å². The number of nitrogens with zero attached hydrogens (tertiary/aromatic N) is 3. The lowest BCUT2D eigenvalue weighted by molar-refractivity contribution is 1.06.